The molecule has 0 atom stereocenters. The summed E-state index contributed by atoms with van der Waals surface area (Å²) in [7, 11) is 0. The van der Waals surface area contributed by atoms with Gasteiger partial charge in [0.05, 0.1) is 0 Å². The Balaban J connectivity index is 0.000000317. The third-order valence-electron chi connectivity index (χ3n) is 2.02. The predicted molar refractivity (Wildman–Crippen MR) is 70.3 cm³/mol. The van der Waals surface area contributed by atoms with E-state index in [1.165, 1.54) is 11.1 Å². The number of halogens is 1. The smallest absolute Gasteiger partial charge is 0.221 e. The highest BCUT2D eigenvalue weighted by Gasteiger charge is 1.94. The van der Waals surface area contributed by atoms with E-state index in [1.807, 2.05) is 42.5 Å². The Morgan fingerprint density at radius 2 is 1.41 bits per heavy atom. The third-order valence-corrected chi connectivity index (χ3v) is 2.27. The first kappa shape index (κ1) is 13.2. The van der Waals surface area contributed by atoms with Gasteiger partial charge in [-0.05, 0) is 23.3 Å². The topological polar surface area (TPSA) is 55.1 Å². The van der Waals surface area contributed by atoms with Crippen molar-refractivity contribution in [1.29, 1.82) is 0 Å². The summed E-state index contributed by atoms with van der Waals surface area (Å²) in [6.07, 6.45) is 0.403. The first-order valence-corrected chi connectivity index (χ1v) is 5.36. The van der Waals surface area contributed by atoms with Gasteiger partial charge in [0.1, 0.15) is 0 Å². The molecule has 0 aliphatic carbocycles. The molecule has 0 bridgehead atoms. The molecular weight excluding hydrogens is 236 g/mol. The minimum Gasteiger partial charge on any atom is -0.297 e. The minimum absolute atomic E-state index is 0.403. The minimum atomic E-state index is 0.403. The van der Waals surface area contributed by atoms with E-state index in [9.17, 15) is 0 Å². The van der Waals surface area contributed by atoms with E-state index in [4.69, 9.17) is 16.4 Å². The van der Waals surface area contributed by atoms with Gasteiger partial charge in [0.15, 0.2) is 0 Å². The van der Waals surface area contributed by atoms with Crippen molar-refractivity contribution in [2.75, 3.05) is 0 Å². The number of nitrogens with two attached hydrogens (primary N) is 1. The molecule has 2 aromatic carbocycles. The average Bonchev–Trinajstić information content (AvgIpc) is 2.41. The highest BCUT2D eigenvalue weighted by Crippen LogP contribution is 2.20. The van der Waals surface area contributed by atoms with E-state index in [2.05, 4.69) is 18.0 Å². The van der Waals surface area contributed by atoms with Crippen molar-refractivity contribution in [2.24, 2.45) is 5.84 Å². The fourth-order valence-corrected chi connectivity index (χ4v) is 1.40. The second-order valence-electron chi connectivity index (χ2n) is 3.16. The zero-order valence-corrected chi connectivity index (χ0v) is 9.89. The normalized spacial score (nSPS) is 8.82. The molecule has 2 rings (SSSR count). The lowest BCUT2D eigenvalue weighted by molar-refractivity contribution is -0.109. The van der Waals surface area contributed by atoms with Crippen molar-refractivity contribution >= 4 is 18.0 Å². The lowest BCUT2D eigenvalue weighted by Gasteiger charge is -2.00. The molecule has 0 unspecified atom stereocenters. The van der Waals surface area contributed by atoms with Gasteiger partial charge in [-0.2, -0.15) is 0 Å². The number of hydrazine groups is 1. The second kappa shape index (κ2) is 7.44. The van der Waals surface area contributed by atoms with Crippen LogP contribution in [0, 0.1) is 0 Å². The highest BCUT2D eigenvalue weighted by atomic mass is 35.5. The standard InChI is InChI=1S/C12H9Cl.CH4N2O/c13-12-8-6-11(7-9-12)10-4-2-1-3-5-10;2-3-1-4/h1-9H;1H,2H2,(H,3,4). The predicted octanol–water partition coefficient (Wildman–Crippen LogP) is 2.61. The molecule has 17 heavy (non-hydrogen) atoms. The molecule has 0 radical (unpaired) electrons. The van der Waals surface area contributed by atoms with Gasteiger partial charge in [-0.1, -0.05) is 54.1 Å². The van der Waals surface area contributed by atoms with Crippen LogP contribution in [0.25, 0.3) is 11.1 Å². The van der Waals surface area contributed by atoms with Crippen LogP contribution in [0.15, 0.2) is 54.6 Å². The lowest BCUT2D eigenvalue weighted by atomic mass is 10.1. The zero-order chi connectivity index (χ0) is 12.5. The molecule has 3 nitrogen and oxygen atoms in total. The molecule has 3 N–H and O–H groups in total. The molecule has 0 aliphatic heterocycles. The molecule has 0 spiro atoms. The number of hydrogen-bond donors (Lipinski definition) is 2. The maximum atomic E-state index is 8.94. The number of nitrogens with one attached hydrogen (secondary N) is 1. The van der Waals surface area contributed by atoms with Crippen LogP contribution in [0.5, 0.6) is 0 Å². The summed E-state index contributed by atoms with van der Waals surface area (Å²) in [5, 5.41) is 0.777. The van der Waals surface area contributed by atoms with Crippen LogP contribution in [-0.2, 0) is 4.79 Å². The Labute approximate surface area is 105 Å². The third kappa shape index (κ3) is 4.68. The van der Waals surface area contributed by atoms with Crippen molar-refractivity contribution in [2.45, 2.75) is 0 Å². The van der Waals surface area contributed by atoms with E-state index < -0.39 is 0 Å². The van der Waals surface area contributed by atoms with Crippen LogP contribution in [0.1, 0.15) is 0 Å². The number of carbonyl (C=O) groups is 1. The Bertz CT molecular complexity index is 443. The fraction of sp³-hybridized carbons (Fsp3) is 0. The summed E-state index contributed by atoms with van der Waals surface area (Å²) in [4.78, 5) is 8.94. The van der Waals surface area contributed by atoms with E-state index in [0.717, 1.165) is 5.02 Å². The monoisotopic (exact) mass is 248 g/mol. The van der Waals surface area contributed by atoms with Crippen LogP contribution in [0.3, 0.4) is 0 Å². The van der Waals surface area contributed by atoms with Crippen LogP contribution >= 0.6 is 11.6 Å². The summed E-state index contributed by atoms with van der Waals surface area (Å²) in [5.74, 6) is 4.41. The van der Waals surface area contributed by atoms with Gasteiger partial charge < -0.3 is 0 Å². The maximum Gasteiger partial charge on any atom is 0.221 e. The van der Waals surface area contributed by atoms with Crippen LogP contribution in [-0.4, -0.2) is 6.41 Å². The van der Waals surface area contributed by atoms with Gasteiger partial charge in [-0.15, -0.1) is 0 Å². The Kier molecular flexibility index (Phi) is 5.79. The molecule has 0 aromatic heterocycles. The summed E-state index contributed by atoms with van der Waals surface area (Å²) >= 11 is 5.80. The highest BCUT2D eigenvalue weighted by molar-refractivity contribution is 6.30. The SMILES string of the molecule is Clc1ccc(-c2ccccc2)cc1.NNC=O. The van der Waals surface area contributed by atoms with Crippen molar-refractivity contribution < 1.29 is 4.79 Å². The van der Waals surface area contributed by atoms with E-state index in [-0.39, 0.29) is 0 Å². The average molecular weight is 249 g/mol. The molecule has 0 heterocycles. The number of rotatable bonds is 2. The molecular formula is C13H13ClN2O. The number of benzene rings is 2. The number of hydrogen-bond acceptors (Lipinski definition) is 2. The van der Waals surface area contributed by atoms with Crippen molar-refractivity contribution in [1.82, 2.24) is 5.43 Å². The molecule has 0 saturated heterocycles. The molecule has 0 fully saturated rings. The molecule has 88 valence electrons. The zero-order valence-electron chi connectivity index (χ0n) is 9.14. The van der Waals surface area contributed by atoms with Gasteiger partial charge in [0.25, 0.3) is 0 Å². The fourth-order valence-electron chi connectivity index (χ4n) is 1.27. The van der Waals surface area contributed by atoms with Crippen LogP contribution in [0.4, 0.5) is 0 Å². The molecule has 0 saturated carbocycles. The van der Waals surface area contributed by atoms with Gasteiger partial charge in [0.2, 0.25) is 6.41 Å². The van der Waals surface area contributed by atoms with Gasteiger partial charge in [0, 0.05) is 5.02 Å². The van der Waals surface area contributed by atoms with E-state index in [0.29, 0.717) is 6.41 Å². The van der Waals surface area contributed by atoms with Gasteiger partial charge >= 0.3 is 0 Å². The largest absolute Gasteiger partial charge is 0.297 e. The van der Waals surface area contributed by atoms with Gasteiger partial charge in [-0.25, -0.2) is 5.84 Å². The Hall–Kier alpha value is -1.84. The van der Waals surface area contributed by atoms with Crippen molar-refractivity contribution in [3.63, 3.8) is 0 Å². The maximum absolute atomic E-state index is 8.94. The van der Waals surface area contributed by atoms with Gasteiger partial charge in [-0.3, -0.25) is 10.2 Å². The van der Waals surface area contributed by atoms with Crippen molar-refractivity contribution in [3.8, 4) is 11.1 Å². The first-order valence-electron chi connectivity index (χ1n) is 4.98. The second-order valence-corrected chi connectivity index (χ2v) is 3.59. The summed E-state index contributed by atoms with van der Waals surface area (Å²) in [6, 6.07) is 18.1. The summed E-state index contributed by atoms with van der Waals surface area (Å²) < 4.78 is 0. The van der Waals surface area contributed by atoms with Crippen LogP contribution in [0.2, 0.25) is 5.02 Å². The number of amides is 1. The molecule has 1 amide bonds. The molecule has 0 aliphatic rings. The lowest BCUT2D eigenvalue weighted by Crippen LogP contribution is -2.18. The summed E-state index contributed by atoms with van der Waals surface area (Å²) in [6.45, 7) is 0. The summed E-state index contributed by atoms with van der Waals surface area (Å²) in [5.41, 5.74) is 4.17. The molecule has 4 heteroatoms. The van der Waals surface area contributed by atoms with E-state index >= 15 is 0 Å². The Morgan fingerprint density at radius 1 is 0.941 bits per heavy atom. The van der Waals surface area contributed by atoms with Crippen molar-refractivity contribution in [3.05, 3.63) is 59.6 Å². The Morgan fingerprint density at radius 3 is 1.88 bits per heavy atom. The first-order chi connectivity index (χ1) is 8.27. The quantitative estimate of drug-likeness (QED) is 0.372. The molecule has 2 aromatic rings. The van der Waals surface area contributed by atoms with E-state index in [1.54, 1.807) is 5.43 Å². The number of carbonyl (C=O) groups excluding carboxylic acids is 1. The van der Waals surface area contributed by atoms with Crippen LogP contribution < -0.4 is 11.3 Å².